The van der Waals surface area contributed by atoms with Crippen LogP contribution >= 0.6 is 11.8 Å². The highest BCUT2D eigenvalue weighted by Crippen LogP contribution is 2.30. The molecule has 5 rings (SSSR count). The quantitative estimate of drug-likeness (QED) is 0.629. The minimum Gasteiger partial charge on any atom is -0.507 e. The second-order valence-electron chi connectivity index (χ2n) is 8.21. The molecule has 0 atom stereocenters. The Morgan fingerprint density at radius 3 is 2.74 bits per heavy atom. The molecule has 2 aliphatic heterocycles. The molecular formula is C22H27N7OS. The fourth-order valence-electron chi connectivity index (χ4n) is 4.34. The van der Waals surface area contributed by atoms with E-state index in [1.807, 2.05) is 36.3 Å². The lowest BCUT2D eigenvalue weighted by atomic mass is 9.96. The molecule has 1 aromatic carbocycles. The van der Waals surface area contributed by atoms with Crippen LogP contribution in [0, 0.1) is 5.92 Å². The van der Waals surface area contributed by atoms with Crippen molar-refractivity contribution in [2.24, 2.45) is 5.92 Å². The van der Waals surface area contributed by atoms with Gasteiger partial charge in [0.05, 0.1) is 23.8 Å². The minimum atomic E-state index is 0.157. The lowest BCUT2D eigenvalue weighted by Gasteiger charge is -2.34. The number of benzene rings is 1. The van der Waals surface area contributed by atoms with E-state index in [4.69, 9.17) is 5.73 Å². The second-order valence-corrected chi connectivity index (χ2v) is 9.28. The maximum Gasteiger partial charge on any atom is 0.172 e. The van der Waals surface area contributed by atoms with Crippen molar-refractivity contribution in [2.45, 2.75) is 12.8 Å². The molecule has 0 spiro atoms. The number of hydrogen-bond donors (Lipinski definition) is 2. The van der Waals surface area contributed by atoms with Gasteiger partial charge in [0.15, 0.2) is 5.82 Å². The maximum atomic E-state index is 10.1. The van der Waals surface area contributed by atoms with Gasteiger partial charge in [0.2, 0.25) is 0 Å². The summed E-state index contributed by atoms with van der Waals surface area (Å²) in [6.07, 6.45) is 6.31. The number of aromatic hydroxyl groups is 1. The number of aromatic nitrogens is 4. The van der Waals surface area contributed by atoms with Crippen LogP contribution in [0.5, 0.6) is 5.75 Å². The van der Waals surface area contributed by atoms with Crippen LogP contribution in [-0.2, 0) is 0 Å². The zero-order valence-electron chi connectivity index (χ0n) is 17.4. The average molecular weight is 438 g/mol. The van der Waals surface area contributed by atoms with Gasteiger partial charge in [0.25, 0.3) is 0 Å². The predicted octanol–water partition coefficient (Wildman–Crippen LogP) is 2.84. The van der Waals surface area contributed by atoms with E-state index in [0.717, 1.165) is 24.7 Å². The van der Waals surface area contributed by atoms with Gasteiger partial charge in [-0.15, -0.1) is 22.0 Å². The number of anilines is 2. The van der Waals surface area contributed by atoms with Crippen molar-refractivity contribution < 1.29 is 5.11 Å². The number of nitrogens with two attached hydrogens (primary N) is 1. The first kappa shape index (κ1) is 20.1. The Morgan fingerprint density at radius 1 is 1.13 bits per heavy atom. The van der Waals surface area contributed by atoms with Crippen molar-refractivity contribution in [3.8, 4) is 22.7 Å². The number of nitrogens with zero attached hydrogens (tertiary/aromatic N) is 6. The van der Waals surface area contributed by atoms with Crippen LogP contribution in [-0.4, -0.2) is 67.8 Å². The first-order valence-corrected chi connectivity index (χ1v) is 11.8. The number of thioether (sulfide) groups is 1. The Labute approximate surface area is 186 Å². The fraction of sp³-hybridized carbons (Fsp3) is 0.409. The average Bonchev–Trinajstić information content (AvgIpc) is 3.48. The highest BCUT2D eigenvalue weighted by atomic mass is 32.2. The molecule has 2 aromatic heterocycles. The SMILES string of the molecule is Nc1nnc(-c2ccccc2O)cc1-n1cc(N2CCC(CN3CCSC3)CC2)cn1. The summed E-state index contributed by atoms with van der Waals surface area (Å²) >= 11 is 2.04. The molecule has 0 saturated carbocycles. The molecule has 3 aromatic rings. The predicted molar refractivity (Wildman–Crippen MR) is 125 cm³/mol. The molecule has 2 fully saturated rings. The van der Waals surface area contributed by atoms with Gasteiger partial charge >= 0.3 is 0 Å². The fourth-order valence-corrected chi connectivity index (χ4v) is 5.35. The third-order valence-electron chi connectivity index (χ3n) is 6.12. The van der Waals surface area contributed by atoms with Crippen LogP contribution in [0.2, 0.25) is 0 Å². The molecule has 162 valence electrons. The van der Waals surface area contributed by atoms with E-state index in [1.54, 1.807) is 22.9 Å². The van der Waals surface area contributed by atoms with Gasteiger partial charge < -0.3 is 15.7 Å². The van der Waals surface area contributed by atoms with E-state index in [1.165, 1.54) is 37.6 Å². The molecule has 0 amide bonds. The van der Waals surface area contributed by atoms with Crippen molar-refractivity contribution in [1.29, 1.82) is 0 Å². The van der Waals surface area contributed by atoms with E-state index in [-0.39, 0.29) is 5.75 Å². The number of phenolic OH excluding ortho intramolecular Hbond substituents is 1. The van der Waals surface area contributed by atoms with Crippen LogP contribution in [0.1, 0.15) is 12.8 Å². The van der Waals surface area contributed by atoms with Gasteiger partial charge in [-0.3, -0.25) is 4.90 Å². The van der Waals surface area contributed by atoms with Crippen LogP contribution in [0.15, 0.2) is 42.7 Å². The van der Waals surface area contributed by atoms with Gasteiger partial charge in [-0.1, -0.05) is 12.1 Å². The van der Waals surface area contributed by atoms with Gasteiger partial charge in [0.1, 0.15) is 11.4 Å². The molecule has 31 heavy (non-hydrogen) atoms. The van der Waals surface area contributed by atoms with Gasteiger partial charge in [0, 0.05) is 43.4 Å². The topological polar surface area (TPSA) is 96.3 Å². The Morgan fingerprint density at radius 2 is 1.97 bits per heavy atom. The largest absolute Gasteiger partial charge is 0.507 e. The van der Waals surface area contributed by atoms with Gasteiger partial charge in [-0.2, -0.15) is 5.10 Å². The zero-order valence-corrected chi connectivity index (χ0v) is 18.2. The molecular weight excluding hydrogens is 410 g/mol. The van der Waals surface area contributed by atoms with Gasteiger partial charge in [-0.25, -0.2) is 4.68 Å². The molecule has 0 aliphatic carbocycles. The first-order chi connectivity index (χ1) is 15.2. The summed E-state index contributed by atoms with van der Waals surface area (Å²) in [6.45, 7) is 4.56. The molecule has 8 nitrogen and oxygen atoms in total. The third-order valence-corrected chi connectivity index (χ3v) is 7.14. The van der Waals surface area contributed by atoms with Crippen LogP contribution in [0.4, 0.5) is 11.5 Å². The van der Waals surface area contributed by atoms with E-state index in [2.05, 4.69) is 25.1 Å². The Kier molecular flexibility index (Phi) is 5.69. The van der Waals surface area contributed by atoms with E-state index in [9.17, 15) is 5.11 Å². The van der Waals surface area contributed by atoms with Gasteiger partial charge in [-0.05, 0) is 37.0 Å². The summed E-state index contributed by atoms with van der Waals surface area (Å²) in [5.41, 5.74) is 9.02. The lowest BCUT2D eigenvalue weighted by Crippen LogP contribution is -2.38. The first-order valence-electron chi connectivity index (χ1n) is 10.7. The maximum absolute atomic E-state index is 10.1. The van der Waals surface area contributed by atoms with E-state index < -0.39 is 0 Å². The highest BCUT2D eigenvalue weighted by Gasteiger charge is 2.24. The van der Waals surface area contributed by atoms with Crippen molar-refractivity contribution in [3.63, 3.8) is 0 Å². The normalized spacial score (nSPS) is 18.0. The number of nitrogen functional groups attached to an aromatic ring is 1. The Bertz CT molecular complexity index is 1040. The Balaban J connectivity index is 1.30. The third kappa shape index (κ3) is 4.33. The molecule has 3 N–H and O–H groups in total. The summed E-state index contributed by atoms with van der Waals surface area (Å²) < 4.78 is 1.75. The molecule has 0 bridgehead atoms. The molecule has 9 heteroatoms. The molecule has 2 saturated heterocycles. The number of para-hydroxylation sites is 1. The van der Waals surface area contributed by atoms with Crippen molar-refractivity contribution in [3.05, 3.63) is 42.7 Å². The van der Waals surface area contributed by atoms with E-state index in [0.29, 0.717) is 22.8 Å². The van der Waals surface area contributed by atoms with Crippen molar-refractivity contribution in [2.75, 3.05) is 48.4 Å². The summed E-state index contributed by atoms with van der Waals surface area (Å²) in [5.74, 6) is 3.71. The zero-order chi connectivity index (χ0) is 21.2. The summed E-state index contributed by atoms with van der Waals surface area (Å²) in [4.78, 5) is 4.98. The molecule has 0 radical (unpaired) electrons. The number of hydrogen-bond acceptors (Lipinski definition) is 8. The smallest absolute Gasteiger partial charge is 0.172 e. The highest BCUT2D eigenvalue weighted by molar-refractivity contribution is 7.99. The van der Waals surface area contributed by atoms with Crippen LogP contribution < -0.4 is 10.6 Å². The number of piperidine rings is 1. The van der Waals surface area contributed by atoms with Crippen LogP contribution in [0.3, 0.4) is 0 Å². The minimum absolute atomic E-state index is 0.157. The summed E-state index contributed by atoms with van der Waals surface area (Å²) in [7, 11) is 0. The number of rotatable bonds is 5. The van der Waals surface area contributed by atoms with Crippen molar-refractivity contribution in [1.82, 2.24) is 24.9 Å². The second kappa shape index (κ2) is 8.76. The standard InChI is InChI=1S/C22H27N7OS/c23-22-20(11-19(25-26-22)18-3-1-2-4-21(18)30)29-14-17(12-24-29)28-7-5-16(6-8-28)13-27-9-10-31-15-27/h1-4,11-12,14,16,30H,5-10,13,15H2,(H2,23,26). The van der Waals surface area contributed by atoms with Crippen LogP contribution in [0.25, 0.3) is 16.9 Å². The monoisotopic (exact) mass is 437 g/mol. The summed E-state index contributed by atoms with van der Waals surface area (Å²) in [6, 6.07) is 8.88. The lowest BCUT2D eigenvalue weighted by molar-refractivity contribution is 0.259. The molecule has 4 heterocycles. The molecule has 2 aliphatic rings. The van der Waals surface area contributed by atoms with Crippen molar-refractivity contribution >= 4 is 23.3 Å². The number of phenols is 1. The van der Waals surface area contributed by atoms with E-state index >= 15 is 0 Å². The molecule has 0 unspecified atom stereocenters. The summed E-state index contributed by atoms with van der Waals surface area (Å²) in [5, 5.41) is 22.9. The Hall–Kier alpha value is -2.78.